The number of carbonyl (C=O) groups excluding carboxylic acids is 1. The summed E-state index contributed by atoms with van der Waals surface area (Å²) >= 11 is 0. The number of nitrogens with zero attached hydrogens (tertiary/aromatic N) is 1. The van der Waals surface area contributed by atoms with E-state index in [9.17, 15) is 73.2 Å². The number of benzene rings is 4. The Morgan fingerprint density at radius 3 is 1.89 bits per heavy atom. The number of ether oxygens (including phenoxy) is 4. The largest absolute Gasteiger partial charge is 0.508 e. The zero-order valence-electron chi connectivity index (χ0n) is 31.9. The van der Waals surface area contributed by atoms with Crippen LogP contribution in [0.4, 0.5) is 10.1 Å². The molecule has 3 saturated heterocycles. The lowest BCUT2D eigenvalue weighted by Crippen LogP contribution is -2.63. The predicted octanol–water partition coefficient (Wildman–Crippen LogP) is -0.00930. The number of phenols is 1. The zero-order valence-corrected chi connectivity index (χ0v) is 32.7. The standard InChI is InChI=1S/C41H40FNO18S/c42-21-12-9-18(10-13-21)26(59-41-33(50)29(46)31(48)35(61-41)39(54)55)17-62(56,57)36-27(43(37(36)51)22-6-2-1-3-7-22)24-14-11-20(16-25(24)44)19-5-4-8-23(15-19)58-40-32(49)28(45)30(47)34(60-40)38(52)53/h1-16,26-36,40-41,44-50H,17H2,(H,52,53)(H,54,55)/t26-,27+,28-,29-,30?,31-,32?,33?,34?,35?,36+,40+,41+/m0/s1. The molecule has 7 rings (SSSR count). The molecule has 5 unspecified atom stereocenters. The number of phenolic OH excluding ortho intramolecular Hbond substituents is 1. The van der Waals surface area contributed by atoms with Crippen LogP contribution >= 0.6 is 0 Å². The van der Waals surface area contributed by atoms with Gasteiger partial charge in [0.25, 0.3) is 0 Å². The molecule has 3 fully saturated rings. The van der Waals surface area contributed by atoms with E-state index in [0.717, 1.165) is 29.2 Å². The molecule has 3 aliphatic rings. The highest BCUT2D eigenvalue weighted by Gasteiger charge is 2.57. The van der Waals surface area contributed by atoms with Crippen molar-refractivity contribution < 1.29 is 92.1 Å². The number of carboxylic acids is 2. The highest BCUT2D eigenvalue weighted by molar-refractivity contribution is 7.93. The molecule has 4 aromatic carbocycles. The molecule has 4 aromatic rings. The van der Waals surface area contributed by atoms with Crippen molar-refractivity contribution >= 4 is 33.4 Å². The van der Waals surface area contributed by atoms with E-state index in [-0.39, 0.29) is 22.6 Å². The van der Waals surface area contributed by atoms with Gasteiger partial charge in [-0.3, -0.25) is 4.79 Å². The predicted molar refractivity (Wildman–Crippen MR) is 207 cm³/mol. The number of β-lactam (4-membered cyclic amide) rings is 1. The van der Waals surface area contributed by atoms with E-state index in [4.69, 9.17) is 18.9 Å². The van der Waals surface area contributed by atoms with Gasteiger partial charge in [0.05, 0.1) is 17.9 Å². The molecule has 3 aliphatic heterocycles. The summed E-state index contributed by atoms with van der Waals surface area (Å²) in [6, 6.07) is 20.9. The molecule has 1 amide bonds. The summed E-state index contributed by atoms with van der Waals surface area (Å²) in [5.41, 5.74) is 0.957. The number of amides is 1. The Balaban J connectivity index is 1.19. The highest BCUT2D eigenvalue weighted by Crippen LogP contribution is 2.47. The Kier molecular flexibility index (Phi) is 12.7. The highest BCUT2D eigenvalue weighted by atomic mass is 32.2. The van der Waals surface area contributed by atoms with Crippen molar-refractivity contribution in [1.82, 2.24) is 0 Å². The van der Waals surface area contributed by atoms with E-state index < -0.39 is 124 Å². The Bertz CT molecular complexity index is 2410. The lowest BCUT2D eigenvalue weighted by molar-refractivity contribution is -0.303. The molecule has 0 aliphatic carbocycles. The van der Waals surface area contributed by atoms with Crippen LogP contribution in [-0.2, 0) is 38.4 Å². The lowest BCUT2D eigenvalue weighted by Gasteiger charge is -2.47. The summed E-state index contributed by atoms with van der Waals surface area (Å²) in [4.78, 5) is 38.5. The second kappa shape index (κ2) is 17.6. The topological polar surface area (TPSA) is 308 Å². The first-order chi connectivity index (χ1) is 29.4. The number of halogens is 1. The van der Waals surface area contributed by atoms with Crippen molar-refractivity contribution in [3.05, 3.63) is 114 Å². The number of aliphatic hydroxyl groups is 6. The number of rotatable bonds is 13. The van der Waals surface area contributed by atoms with Gasteiger partial charge in [-0.25, -0.2) is 22.4 Å². The average molecular weight is 886 g/mol. The van der Waals surface area contributed by atoms with Gasteiger partial charge in [0.1, 0.15) is 53.9 Å². The SMILES string of the molecule is O=C(O)C1O[C@@H](Oc2cccc(-c3ccc([C@@H]4[C@@H](S(=O)(=O)C[C@H](O[C@@H]5OC(C(=O)O)[C@@H](O)[C@H](O)C5O)c5ccc(F)cc5)C(=O)N4c4ccccc4)c(O)c3)c2)C(O)[C@@H](O)C1O. The van der Waals surface area contributed by atoms with Crippen LogP contribution in [0.2, 0.25) is 0 Å². The molecule has 0 spiro atoms. The maximum absolute atomic E-state index is 14.5. The fraction of sp³-hybridized carbons (Fsp3) is 0.341. The van der Waals surface area contributed by atoms with Crippen LogP contribution in [0.5, 0.6) is 11.5 Å². The smallest absolute Gasteiger partial charge is 0.335 e. The fourth-order valence-electron chi connectivity index (χ4n) is 7.53. The Hall–Kier alpha value is -5.59. The van der Waals surface area contributed by atoms with Gasteiger partial charge < -0.3 is 69.8 Å². The summed E-state index contributed by atoms with van der Waals surface area (Å²) in [6.45, 7) is 0. The number of hydrogen-bond donors (Lipinski definition) is 9. The maximum atomic E-state index is 14.5. The van der Waals surface area contributed by atoms with Gasteiger partial charge in [0.15, 0.2) is 33.6 Å². The van der Waals surface area contributed by atoms with Crippen molar-refractivity contribution in [2.75, 3.05) is 10.7 Å². The van der Waals surface area contributed by atoms with Gasteiger partial charge in [0.2, 0.25) is 12.2 Å². The van der Waals surface area contributed by atoms with E-state index in [1.54, 1.807) is 36.4 Å². The molecule has 330 valence electrons. The monoisotopic (exact) mass is 885 g/mol. The molecule has 0 aromatic heterocycles. The number of carbonyl (C=O) groups is 3. The number of aliphatic carboxylic acids is 2. The van der Waals surface area contributed by atoms with Crippen molar-refractivity contribution in [1.29, 1.82) is 0 Å². The lowest BCUT2D eigenvalue weighted by atomic mass is 9.90. The Morgan fingerprint density at radius 1 is 0.710 bits per heavy atom. The van der Waals surface area contributed by atoms with Crippen LogP contribution < -0.4 is 9.64 Å². The molecule has 0 bridgehead atoms. The Morgan fingerprint density at radius 2 is 1.29 bits per heavy atom. The minimum atomic E-state index is -4.72. The molecule has 62 heavy (non-hydrogen) atoms. The molecule has 3 heterocycles. The molecular weight excluding hydrogens is 846 g/mol. The fourth-order valence-corrected chi connectivity index (χ4v) is 9.51. The van der Waals surface area contributed by atoms with Crippen LogP contribution in [0.1, 0.15) is 23.3 Å². The van der Waals surface area contributed by atoms with Crippen LogP contribution in [0.15, 0.2) is 97.1 Å². The minimum absolute atomic E-state index is 0.0139. The van der Waals surface area contributed by atoms with E-state index in [2.05, 4.69) is 0 Å². The number of carboxylic acid groups (broad SMARTS) is 2. The first-order valence-electron chi connectivity index (χ1n) is 18.8. The number of anilines is 1. The molecule has 21 heteroatoms. The van der Waals surface area contributed by atoms with Crippen LogP contribution in [0.25, 0.3) is 11.1 Å². The van der Waals surface area contributed by atoms with E-state index >= 15 is 0 Å². The quantitative estimate of drug-likeness (QED) is 0.0798. The van der Waals surface area contributed by atoms with Gasteiger partial charge in [0, 0.05) is 11.3 Å². The normalized spacial score (nSPS) is 30.6. The van der Waals surface area contributed by atoms with E-state index in [1.165, 1.54) is 36.4 Å². The van der Waals surface area contributed by atoms with Gasteiger partial charge in [-0.05, 0) is 59.2 Å². The summed E-state index contributed by atoms with van der Waals surface area (Å²) in [5.74, 6) is -6.45. The van der Waals surface area contributed by atoms with Crippen LogP contribution in [0, 0.1) is 5.82 Å². The summed E-state index contributed by atoms with van der Waals surface area (Å²) in [6.07, 6.45) is -21.4. The average Bonchev–Trinajstić information content (AvgIpc) is 3.23. The van der Waals surface area contributed by atoms with Crippen molar-refractivity contribution in [3.8, 4) is 22.6 Å². The summed E-state index contributed by atoms with van der Waals surface area (Å²) in [5, 5.41) is 90.4. The van der Waals surface area contributed by atoms with Crippen LogP contribution in [0.3, 0.4) is 0 Å². The number of para-hydroxylation sites is 1. The second-order valence-corrected chi connectivity index (χ2v) is 17.0. The zero-order chi connectivity index (χ0) is 44.8. The Labute approximate surface area is 350 Å². The number of aromatic hydroxyl groups is 1. The third-order valence-corrected chi connectivity index (χ3v) is 12.8. The van der Waals surface area contributed by atoms with Gasteiger partial charge in [-0.2, -0.15) is 0 Å². The van der Waals surface area contributed by atoms with Crippen LogP contribution in [-0.4, -0.2) is 145 Å². The maximum Gasteiger partial charge on any atom is 0.335 e. The van der Waals surface area contributed by atoms with E-state index in [0.29, 0.717) is 11.1 Å². The third kappa shape index (κ3) is 8.59. The molecule has 0 radical (unpaired) electrons. The summed E-state index contributed by atoms with van der Waals surface area (Å²) in [7, 11) is -4.72. The minimum Gasteiger partial charge on any atom is -0.508 e. The first-order valence-corrected chi connectivity index (χ1v) is 20.5. The molecule has 13 atom stereocenters. The first kappa shape index (κ1) is 44.5. The number of aliphatic hydroxyl groups excluding tert-OH is 6. The molecule has 19 nitrogen and oxygen atoms in total. The third-order valence-electron chi connectivity index (χ3n) is 10.8. The van der Waals surface area contributed by atoms with Crippen molar-refractivity contribution in [3.63, 3.8) is 0 Å². The van der Waals surface area contributed by atoms with Gasteiger partial charge in [-0.1, -0.05) is 54.6 Å². The van der Waals surface area contributed by atoms with Gasteiger partial charge in [-0.15, -0.1) is 0 Å². The number of hydrogen-bond acceptors (Lipinski definition) is 16. The number of sulfone groups is 1. The molecule has 9 N–H and O–H groups in total. The second-order valence-electron chi connectivity index (χ2n) is 14.8. The molecule has 0 saturated carbocycles. The molecular formula is C41H40FNO18S. The summed E-state index contributed by atoms with van der Waals surface area (Å²) < 4.78 is 64.9. The van der Waals surface area contributed by atoms with Crippen molar-refractivity contribution in [2.24, 2.45) is 0 Å². The van der Waals surface area contributed by atoms with E-state index in [1.807, 2.05) is 0 Å². The van der Waals surface area contributed by atoms with Crippen molar-refractivity contribution in [2.45, 2.75) is 78.8 Å². The van der Waals surface area contributed by atoms with Gasteiger partial charge >= 0.3 is 11.9 Å².